The summed E-state index contributed by atoms with van der Waals surface area (Å²) in [6.45, 7) is 4.76. The molecule has 0 spiro atoms. The fourth-order valence-electron chi connectivity index (χ4n) is 1.75. The number of para-hydroxylation sites is 1. The van der Waals surface area contributed by atoms with Crippen LogP contribution in [0.2, 0.25) is 0 Å². The topological polar surface area (TPSA) is 71.1 Å². The average molecular weight is 296 g/mol. The Bertz CT molecular complexity index is 485. The molecule has 0 saturated heterocycles. The summed E-state index contributed by atoms with van der Waals surface area (Å²) >= 11 is 0. The number of carbonyl (C=O) groups excluding carboxylic acids is 2. The Kier molecular flexibility index (Phi) is 6.68. The van der Waals surface area contributed by atoms with E-state index in [0.717, 1.165) is 5.56 Å². The second kappa shape index (κ2) is 8.26. The highest BCUT2D eigenvalue weighted by Crippen LogP contribution is 2.28. The van der Waals surface area contributed by atoms with Crippen LogP contribution in [0.1, 0.15) is 32.4 Å². The van der Waals surface area contributed by atoms with Crippen LogP contribution in [0.25, 0.3) is 0 Å². The van der Waals surface area contributed by atoms with Gasteiger partial charge < -0.3 is 18.9 Å². The summed E-state index contributed by atoms with van der Waals surface area (Å²) in [7, 11) is 1.54. The Balaban J connectivity index is 2.86. The van der Waals surface area contributed by atoms with Crippen LogP contribution in [0.5, 0.6) is 5.75 Å². The summed E-state index contributed by atoms with van der Waals surface area (Å²) in [4.78, 5) is 22.8. The van der Waals surface area contributed by atoms with Gasteiger partial charge in [0.05, 0.1) is 19.8 Å². The summed E-state index contributed by atoms with van der Waals surface area (Å²) in [5.74, 6) is -0.745. The number of benzene rings is 1. The van der Waals surface area contributed by atoms with E-state index in [4.69, 9.17) is 18.9 Å². The van der Waals surface area contributed by atoms with Crippen LogP contribution in [0.4, 0.5) is 0 Å². The fourth-order valence-corrected chi connectivity index (χ4v) is 1.75. The van der Waals surface area contributed by atoms with Gasteiger partial charge >= 0.3 is 18.2 Å². The van der Waals surface area contributed by atoms with Crippen molar-refractivity contribution in [1.29, 1.82) is 0 Å². The SMILES string of the molecule is CCOC(=O)C(OC(C)=O)OC(C)c1ccccc1OC. The largest absolute Gasteiger partial charge is 0.496 e. The van der Waals surface area contributed by atoms with Crippen molar-refractivity contribution >= 4 is 11.9 Å². The third kappa shape index (κ3) is 5.07. The van der Waals surface area contributed by atoms with Crippen LogP contribution in [0.3, 0.4) is 0 Å². The van der Waals surface area contributed by atoms with Crippen LogP contribution in [0.15, 0.2) is 24.3 Å². The summed E-state index contributed by atoms with van der Waals surface area (Å²) in [6, 6.07) is 7.23. The first-order valence-electron chi connectivity index (χ1n) is 6.61. The Morgan fingerprint density at radius 2 is 1.90 bits per heavy atom. The van der Waals surface area contributed by atoms with Gasteiger partial charge in [-0.1, -0.05) is 18.2 Å². The van der Waals surface area contributed by atoms with Gasteiger partial charge in [0, 0.05) is 12.5 Å². The number of hydrogen-bond acceptors (Lipinski definition) is 6. The number of methoxy groups -OCH3 is 1. The van der Waals surface area contributed by atoms with Crippen LogP contribution in [-0.4, -0.2) is 31.9 Å². The molecule has 2 unspecified atom stereocenters. The molecule has 0 heterocycles. The molecule has 0 aliphatic heterocycles. The van der Waals surface area contributed by atoms with Crippen molar-refractivity contribution in [1.82, 2.24) is 0 Å². The maximum atomic E-state index is 11.7. The lowest BCUT2D eigenvalue weighted by Gasteiger charge is -2.22. The molecule has 2 atom stereocenters. The highest BCUT2D eigenvalue weighted by atomic mass is 16.7. The molecule has 0 aliphatic carbocycles. The molecule has 6 nitrogen and oxygen atoms in total. The molecule has 6 heteroatoms. The minimum atomic E-state index is -1.40. The van der Waals surface area contributed by atoms with E-state index in [-0.39, 0.29) is 6.61 Å². The highest BCUT2D eigenvalue weighted by molar-refractivity contribution is 5.77. The smallest absolute Gasteiger partial charge is 0.376 e. The zero-order valence-electron chi connectivity index (χ0n) is 12.6. The molecule has 0 aromatic heterocycles. The summed E-state index contributed by atoms with van der Waals surface area (Å²) in [5.41, 5.74) is 0.737. The number of carbonyl (C=O) groups is 2. The Hall–Kier alpha value is -2.08. The van der Waals surface area contributed by atoms with Gasteiger partial charge in [0.1, 0.15) is 5.75 Å². The van der Waals surface area contributed by atoms with Crippen LogP contribution < -0.4 is 4.74 Å². The summed E-state index contributed by atoms with van der Waals surface area (Å²) in [6.07, 6.45) is -1.92. The monoisotopic (exact) mass is 296 g/mol. The van der Waals surface area contributed by atoms with E-state index in [9.17, 15) is 9.59 Å². The third-order valence-corrected chi connectivity index (χ3v) is 2.66. The van der Waals surface area contributed by atoms with E-state index in [2.05, 4.69) is 0 Å². The zero-order chi connectivity index (χ0) is 15.8. The molecular weight excluding hydrogens is 276 g/mol. The van der Waals surface area contributed by atoms with Gasteiger partial charge in [-0.05, 0) is 19.9 Å². The molecule has 1 aromatic rings. The molecule has 0 N–H and O–H groups in total. The maximum Gasteiger partial charge on any atom is 0.376 e. The predicted octanol–water partition coefficient (Wildman–Crippen LogP) is 2.23. The molecule has 1 rings (SSSR count). The lowest BCUT2D eigenvalue weighted by Crippen LogP contribution is -2.32. The Morgan fingerprint density at radius 1 is 1.24 bits per heavy atom. The van der Waals surface area contributed by atoms with Gasteiger partial charge in [-0.25, -0.2) is 4.79 Å². The number of ether oxygens (including phenoxy) is 4. The lowest BCUT2D eigenvalue weighted by atomic mass is 10.1. The summed E-state index contributed by atoms with van der Waals surface area (Å²) in [5, 5.41) is 0. The molecule has 0 saturated carbocycles. The standard InChI is InChI=1S/C15H20O6/c1-5-19-14(17)15(21-11(3)16)20-10(2)12-8-6-7-9-13(12)18-4/h6-10,15H,5H2,1-4H3. The minimum absolute atomic E-state index is 0.170. The predicted molar refractivity (Wildman–Crippen MR) is 74.7 cm³/mol. The first kappa shape index (κ1) is 17.0. The molecule has 116 valence electrons. The van der Waals surface area contributed by atoms with Gasteiger partial charge in [-0.3, -0.25) is 4.79 Å². The second-order valence-electron chi connectivity index (χ2n) is 4.21. The van der Waals surface area contributed by atoms with Crippen LogP contribution in [0, 0.1) is 0 Å². The first-order valence-corrected chi connectivity index (χ1v) is 6.61. The van der Waals surface area contributed by atoms with E-state index in [1.165, 1.54) is 6.92 Å². The van der Waals surface area contributed by atoms with Gasteiger partial charge in [0.15, 0.2) is 0 Å². The first-order chi connectivity index (χ1) is 9.99. The minimum Gasteiger partial charge on any atom is -0.496 e. The number of rotatable bonds is 7. The van der Waals surface area contributed by atoms with Crippen molar-refractivity contribution in [2.75, 3.05) is 13.7 Å². The van der Waals surface area contributed by atoms with Crippen molar-refractivity contribution in [2.24, 2.45) is 0 Å². The third-order valence-electron chi connectivity index (χ3n) is 2.66. The van der Waals surface area contributed by atoms with Crippen molar-refractivity contribution in [3.63, 3.8) is 0 Å². The number of esters is 2. The van der Waals surface area contributed by atoms with Gasteiger partial charge in [0.25, 0.3) is 0 Å². The van der Waals surface area contributed by atoms with E-state index in [0.29, 0.717) is 5.75 Å². The van der Waals surface area contributed by atoms with Gasteiger partial charge in [-0.15, -0.1) is 0 Å². The quantitative estimate of drug-likeness (QED) is 0.567. The van der Waals surface area contributed by atoms with Gasteiger partial charge in [-0.2, -0.15) is 0 Å². The normalized spacial score (nSPS) is 13.1. The fraction of sp³-hybridized carbons (Fsp3) is 0.467. The molecule has 0 amide bonds. The molecule has 21 heavy (non-hydrogen) atoms. The van der Waals surface area contributed by atoms with Crippen molar-refractivity contribution in [2.45, 2.75) is 33.2 Å². The van der Waals surface area contributed by atoms with Crippen molar-refractivity contribution in [3.8, 4) is 5.75 Å². The van der Waals surface area contributed by atoms with Crippen molar-refractivity contribution in [3.05, 3.63) is 29.8 Å². The van der Waals surface area contributed by atoms with Crippen LogP contribution in [-0.2, 0) is 23.8 Å². The molecule has 1 aromatic carbocycles. The summed E-state index contributed by atoms with van der Waals surface area (Å²) < 4.78 is 20.4. The van der Waals surface area contributed by atoms with E-state index >= 15 is 0 Å². The van der Waals surface area contributed by atoms with E-state index in [1.54, 1.807) is 33.1 Å². The van der Waals surface area contributed by atoms with E-state index in [1.807, 2.05) is 12.1 Å². The lowest BCUT2D eigenvalue weighted by molar-refractivity contribution is -0.208. The van der Waals surface area contributed by atoms with Crippen molar-refractivity contribution < 1.29 is 28.5 Å². The zero-order valence-corrected chi connectivity index (χ0v) is 12.6. The average Bonchev–Trinajstić information content (AvgIpc) is 2.46. The number of hydrogen-bond donors (Lipinski definition) is 0. The Morgan fingerprint density at radius 3 is 2.48 bits per heavy atom. The molecule has 0 radical (unpaired) electrons. The van der Waals surface area contributed by atoms with Crippen LogP contribution >= 0.6 is 0 Å². The Labute approximate surface area is 123 Å². The molecule has 0 fully saturated rings. The molecule has 0 bridgehead atoms. The van der Waals surface area contributed by atoms with E-state index < -0.39 is 24.3 Å². The molecular formula is C15H20O6. The molecule has 0 aliphatic rings. The highest BCUT2D eigenvalue weighted by Gasteiger charge is 2.27. The second-order valence-corrected chi connectivity index (χ2v) is 4.21. The van der Waals surface area contributed by atoms with Gasteiger partial charge in [0.2, 0.25) is 0 Å². The maximum absolute atomic E-state index is 11.7.